The van der Waals surface area contributed by atoms with Gasteiger partial charge in [-0.05, 0) is 18.2 Å². The summed E-state index contributed by atoms with van der Waals surface area (Å²) in [5, 5.41) is 8.39. The molecule has 0 saturated heterocycles. The summed E-state index contributed by atoms with van der Waals surface area (Å²) in [6, 6.07) is 8.94. The lowest BCUT2D eigenvalue weighted by atomic mass is 10.2. The van der Waals surface area contributed by atoms with E-state index in [0.717, 1.165) is 0 Å². The normalized spacial score (nSPS) is 10.6. The number of hydrogen-bond donors (Lipinski definition) is 0. The molecule has 0 spiro atoms. The molecule has 0 amide bonds. The molecular weight excluding hydrogens is 332 g/mol. The first kappa shape index (κ1) is 16.1. The number of methoxy groups -OCH3 is 2. The molecule has 3 aromatic rings. The lowest BCUT2D eigenvalue weighted by Crippen LogP contribution is -2.02. The highest BCUT2D eigenvalue weighted by molar-refractivity contribution is 7.98. The van der Waals surface area contributed by atoms with Crippen LogP contribution in [0.1, 0.15) is 16.1 Å². The van der Waals surface area contributed by atoms with Gasteiger partial charge in [0.15, 0.2) is 0 Å². The highest BCUT2D eigenvalue weighted by Gasteiger charge is 2.18. The van der Waals surface area contributed by atoms with Crippen LogP contribution in [0.3, 0.4) is 0 Å². The van der Waals surface area contributed by atoms with Crippen LogP contribution in [0.25, 0.3) is 11.5 Å². The number of esters is 1. The molecule has 1 aromatic carbocycles. The van der Waals surface area contributed by atoms with Gasteiger partial charge < -0.3 is 18.3 Å². The van der Waals surface area contributed by atoms with Crippen LogP contribution < -0.4 is 4.74 Å². The zero-order valence-electron chi connectivity index (χ0n) is 13.0. The summed E-state index contributed by atoms with van der Waals surface area (Å²) in [4.78, 5) is 11.6. The van der Waals surface area contributed by atoms with Crippen LogP contribution >= 0.6 is 11.8 Å². The van der Waals surface area contributed by atoms with Gasteiger partial charge >= 0.3 is 5.97 Å². The summed E-state index contributed by atoms with van der Waals surface area (Å²) in [7, 11) is 2.90. The van der Waals surface area contributed by atoms with E-state index in [2.05, 4.69) is 10.2 Å². The van der Waals surface area contributed by atoms with Gasteiger partial charge in [0, 0.05) is 0 Å². The van der Waals surface area contributed by atoms with Crippen molar-refractivity contribution in [3.05, 3.63) is 47.9 Å². The van der Waals surface area contributed by atoms with E-state index in [-0.39, 0.29) is 0 Å². The highest BCUT2D eigenvalue weighted by Crippen LogP contribution is 2.31. The molecule has 0 aliphatic rings. The minimum Gasteiger partial charge on any atom is -0.496 e. The average molecular weight is 346 g/mol. The van der Waals surface area contributed by atoms with E-state index in [1.54, 1.807) is 13.2 Å². The van der Waals surface area contributed by atoms with Gasteiger partial charge in [0.1, 0.15) is 17.1 Å². The second kappa shape index (κ2) is 7.22. The molecule has 0 bridgehead atoms. The Hall–Kier alpha value is -2.74. The first-order chi connectivity index (χ1) is 11.7. The molecule has 0 aliphatic heterocycles. The first-order valence-corrected chi connectivity index (χ1v) is 7.96. The highest BCUT2D eigenvalue weighted by atomic mass is 32.2. The van der Waals surface area contributed by atoms with Crippen molar-refractivity contribution in [1.29, 1.82) is 0 Å². The summed E-state index contributed by atoms with van der Waals surface area (Å²) in [6.07, 6.45) is 1.44. The summed E-state index contributed by atoms with van der Waals surface area (Å²) in [6.45, 7) is 0. The van der Waals surface area contributed by atoms with Crippen LogP contribution in [0.15, 0.2) is 50.7 Å². The first-order valence-electron chi connectivity index (χ1n) is 6.97. The van der Waals surface area contributed by atoms with Crippen molar-refractivity contribution in [2.45, 2.75) is 11.0 Å². The van der Waals surface area contributed by atoms with Crippen LogP contribution in [0.4, 0.5) is 0 Å². The van der Waals surface area contributed by atoms with Gasteiger partial charge in [-0.15, -0.1) is 10.2 Å². The monoisotopic (exact) mass is 346 g/mol. The number of para-hydroxylation sites is 1. The number of thioether (sulfide) groups is 1. The number of furan rings is 1. The third-order valence-corrected chi connectivity index (χ3v) is 4.04. The van der Waals surface area contributed by atoms with Crippen molar-refractivity contribution in [3.63, 3.8) is 0 Å². The zero-order valence-corrected chi connectivity index (χ0v) is 13.8. The minimum atomic E-state index is -0.445. The maximum Gasteiger partial charge on any atom is 0.341 e. The molecule has 0 N–H and O–H groups in total. The molecule has 0 saturated carbocycles. The van der Waals surface area contributed by atoms with Crippen LogP contribution in [-0.4, -0.2) is 30.4 Å². The van der Waals surface area contributed by atoms with E-state index in [1.165, 1.54) is 25.1 Å². The molecule has 2 heterocycles. The molecule has 124 valence electrons. The maximum absolute atomic E-state index is 11.6. The lowest BCUT2D eigenvalue weighted by molar-refractivity contribution is 0.0598. The van der Waals surface area contributed by atoms with Gasteiger partial charge in [-0.25, -0.2) is 4.79 Å². The Morgan fingerprint density at radius 3 is 2.83 bits per heavy atom. The number of carbonyl (C=O) groups is 1. The van der Waals surface area contributed by atoms with E-state index in [1.807, 2.05) is 24.3 Å². The summed E-state index contributed by atoms with van der Waals surface area (Å²) in [5.41, 5.74) is 1.10. The molecule has 24 heavy (non-hydrogen) atoms. The second-order valence-electron chi connectivity index (χ2n) is 4.61. The van der Waals surface area contributed by atoms with Crippen molar-refractivity contribution >= 4 is 17.7 Å². The predicted octanol–water partition coefficient (Wildman–Crippen LogP) is 3.42. The number of aromatic nitrogens is 2. The van der Waals surface area contributed by atoms with E-state index >= 15 is 0 Å². The fraction of sp³-hybridized carbons (Fsp3) is 0.188. The molecule has 0 atom stereocenters. The Bertz CT molecular complexity index is 842. The second-order valence-corrected chi connectivity index (χ2v) is 5.54. The summed E-state index contributed by atoms with van der Waals surface area (Å²) >= 11 is 1.27. The summed E-state index contributed by atoms with van der Waals surface area (Å²) in [5.74, 6) is 1.42. The van der Waals surface area contributed by atoms with E-state index in [9.17, 15) is 4.79 Å². The molecule has 0 aliphatic carbocycles. The van der Waals surface area contributed by atoms with Crippen LogP contribution in [-0.2, 0) is 10.5 Å². The largest absolute Gasteiger partial charge is 0.496 e. The molecule has 0 radical (unpaired) electrons. The lowest BCUT2D eigenvalue weighted by Gasteiger charge is -2.03. The number of hydrogen-bond acceptors (Lipinski definition) is 8. The van der Waals surface area contributed by atoms with Crippen molar-refractivity contribution in [1.82, 2.24) is 10.2 Å². The van der Waals surface area contributed by atoms with Crippen molar-refractivity contribution in [2.24, 2.45) is 0 Å². The van der Waals surface area contributed by atoms with Crippen molar-refractivity contribution in [2.75, 3.05) is 14.2 Å². The Balaban J connectivity index is 1.73. The maximum atomic E-state index is 11.6. The average Bonchev–Trinajstić information content (AvgIpc) is 3.28. The third-order valence-electron chi connectivity index (χ3n) is 3.22. The number of ether oxygens (including phenoxy) is 2. The Kier molecular flexibility index (Phi) is 4.85. The Labute approximate surface area is 142 Å². The third kappa shape index (κ3) is 3.28. The van der Waals surface area contributed by atoms with E-state index in [0.29, 0.717) is 39.5 Å². The number of carbonyl (C=O) groups excluding carboxylic acids is 1. The van der Waals surface area contributed by atoms with Gasteiger partial charge in [0.25, 0.3) is 11.1 Å². The molecule has 2 aromatic heterocycles. The molecule has 0 unspecified atom stereocenters. The van der Waals surface area contributed by atoms with E-state index in [4.69, 9.17) is 18.3 Å². The molecule has 7 nitrogen and oxygen atoms in total. The van der Waals surface area contributed by atoms with Gasteiger partial charge in [0.05, 0.1) is 31.8 Å². The van der Waals surface area contributed by atoms with Gasteiger partial charge in [-0.2, -0.15) is 0 Å². The molecule has 3 rings (SSSR count). The van der Waals surface area contributed by atoms with Crippen LogP contribution in [0.5, 0.6) is 5.75 Å². The topological polar surface area (TPSA) is 87.6 Å². The SMILES string of the molecule is COC(=O)c1ccoc1CSc1nnc(-c2ccccc2OC)o1. The van der Waals surface area contributed by atoms with Crippen molar-refractivity contribution in [3.8, 4) is 17.2 Å². The van der Waals surface area contributed by atoms with Gasteiger partial charge in [-0.3, -0.25) is 0 Å². The minimum absolute atomic E-state index is 0.364. The number of benzene rings is 1. The number of rotatable bonds is 6. The van der Waals surface area contributed by atoms with Crippen LogP contribution in [0, 0.1) is 0 Å². The fourth-order valence-electron chi connectivity index (χ4n) is 2.07. The molecule has 0 fully saturated rings. The molecule has 8 heteroatoms. The Morgan fingerprint density at radius 1 is 1.21 bits per heavy atom. The summed E-state index contributed by atoms with van der Waals surface area (Å²) < 4.78 is 20.9. The molecular formula is C16H14N2O5S. The van der Waals surface area contributed by atoms with Crippen LogP contribution in [0.2, 0.25) is 0 Å². The zero-order chi connectivity index (χ0) is 16.9. The smallest absolute Gasteiger partial charge is 0.341 e. The van der Waals surface area contributed by atoms with Gasteiger partial charge in [0.2, 0.25) is 0 Å². The fourth-order valence-corrected chi connectivity index (χ4v) is 2.78. The Morgan fingerprint density at radius 2 is 2.04 bits per heavy atom. The van der Waals surface area contributed by atoms with Crippen molar-refractivity contribution < 1.29 is 23.1 Å². The quantitative estimate of drug-likeness (QED) is 0.495. The predicted molar refractivity (Wildman–Crippen MR) is 85.9 cm³/mol. The standard InChI is InChI=1S/C16H14N2O5S/c1-20-12-6-4-3-5-10(12)14-17-18-16(23-14)24-9-13-11(7-8-22-13)15(19)21-2/h3-8H,9H2,1-2H3. The number of nitrogens with zero attached hydrogens (tertiary/aromatic N) is 2. The van der Waals surface area contributed by atoms with Gasteiger partial charge in [-0.1, -0.05) is 23.9 Å². The van der Waals surface area contributed by atoms with E-state index < -0.39 is 5.97 Å².